The molecule has 0 atom stereocenters. The number of thiocarbonyl (C=S) groups is 1. The van der Waals surface area contributed by atoms with Gasteiger partial charge in [-0.3, -0.25) is 18.9 Å². The lowest BCUT2D eigenvalue weighted by atomic mass is 10.2. The first-order valence-electron chi connectivity index (χ1n) is 8.12. The number of nitrogens with zero attached hydrogens (tertiary/aromatic N) is 4. The average Bonchev–Trinajstić information content (AvgIpc) is 2.91. The summed E-state index contributed by atoms with van der Waals surface area (Å²) in [5.74, 6) is 2.44. The van der Waals surface area contributed by atoms with Gasteiger partial charge in [-0.25, -0.2) is 4.98 Å². The van der Waals surface area contributed by atoms with E-state index in [4.69, 9.17) is 17.2 Å². The van der Waals surface area contributed by atoms with E-state index in [-0.39, 0.29) is 11.5 Å². The molecule has 0 bridgehead atoms. The summed E-state index contributed by atoms with van der Waals surface area (Å²) in [6, 6.07) is 5.47. The Bertz CT molecular complexity index is 995. The van der Waals surface area contributed by atoms with Crippen LogP contribution in [0, 0.1) is 0 Å². The number of fused-ring (bicyclic) bond motifs is 1. The second-order valence-electron chi connectivity index (χ2n) is 5.92. The highest BCUT2D eigenvalue weighted by molar-refractivity contribution is 8.26. The third-order valence-electron chi connectivity index (χ3n) is 4.32. The average molecular weight is 405 g/mol. The summed E-state index contributed by atoms with van der Waals surface area (Å²) >= 11 is 8.30. The fraction of sp³-hybridized carbons (Fsp3) is 0.294. The number of thioether (sulfide) groups is 2. The van der Waals surface area contributed by atoms with Crippen LogP contribution in [0.3, 0.4) is 0 Å². The summed E-state index contributed by atoms with van der Waals surface area (Å²) in [5, 5.41) is 0. The molecule has 2 aliphatic heterocycles. The first kappa shape index (κ1) is 17.6. The molecule has 0 aliphatic carbocycles. The van der Waals surface area contributed by atoms with Gasteiger partial charge >= 0.3 is 0 Å². The number of hydrogen-bond acceptors (Lipinski definition) is 7. The Labute approximate surface area is 164 Å². The lowest BCUT2D eigenvalue weighted by Gasteiger charge is -2.28. The number of amides is 1. The van der Waals surface area contributed by atoms with Crippen molar-refractivity contribution in [1.29, 1.82) is 0 Å². The van der Waals surface area contributed by atoms with E-state index < -0.39 is 0 Å². The first-order valence-corrected chi connectivity index (χ1v) is 10.5. The standard InChI is InChI=1S/C17H16N4O2S3/c1-19-16(23)12(26-17(19)24)10-11-14(20-6-8-25-9-7-20)18-13-4-2-3-5-21(13)15(11)22/h2-5,10H,6-9H2,1H3. The number of likely N-dealkylation sites (N-methyl/N-ethyl adjacent to an activating group) is 1. The monoisotopic (exact) mass is 404 g/mol. The van der Waals surface area contributed by atoms with Crippen LogP contribution in [-0.2, 0) is 4.79 Å². The maximum atomic E-state index is 13.1. The van der Waals surface area contributed by atoms with Gasteiger partial charge in [0.2, 0.25) is 0 Å². The summed E-state index contributed by atoms with van der Waals surface area (Å²) in [6.45, 7) is 1.66. The molecule has 2 fully saturated rings. The van der Waals surface area contributed by atoms with E-state index in [1.165, 1.54) is 21.1 Å². The molecule has 0 saturated carbocycles. The molecule has 134 valence electrons. The minimum Gasteiger partial charge on any atom is -0.354 e. The fourth-order valence-electron chi connectivity index (χ4n) is 2.91. The molecule has 0 unspecified atom stereocenters. The van der Waals surface area contributed by atoms with Crippen molar-refractivity contribution in [1.82, 2.24) is 14.3 Å². The van der Waals surface area contributed by atoms with Gasteiger partial charge in [0.1, 0.15) is 15.8 Å². The van der Waals surface area contributed by atoms with Gasteiger partial charge in [-0.15, -0.1) is 0 Å². The second kappa shape index (κ2) is 7.05. The summed E-state index contributed by atoms with van der Waals surface area (Å²) < 4.78 is 2.01. The molecular formula is C17H16N4O2S3. The summed E-state index contributed by atoms with van der Waals surface area (Å²) in [5.41, 5.74) is 0.866. The number of carbonyl (C=O) groups excluding carboxylic acids is 1. The zero-order valence-corrected chi connectivity index (χ0v) is 16.5. The predicted molar refractivity (Wildman–Crippen MR) is 112 cm³/mol. The van der Waals surface area contributed by atoms with Crippen molar-refractivity contribution in [2.24, 2.45) is 0 Å². The molecule has 0 radical (unpaired) electrons. The Hall–Kier alpha value is -1.84. The Kier molecular flexibility index (Phi) is 4.76. The van der Waals surface area contributed by atoms with Crippen molar-refractivity contribution in [3.8, 4) is 0 Å². The van der Waals surface area contributed by atoms with Gasteiger partial charge in [0.05, 0.1) is 10.5 Å². The van der Waals surface area contributed by atoms with Crippen LogP contribution in [0.1, 0.15) is 5.56 Å². The van der Waals surface area contributed by atoms with Crippen LogP contribution < -0.4 is 10.5 Å². The summed E-state index contributed by atoms with van der Waals surface area (Å²) in [4.78, 5) is 34.3. The number of hydrogen-bond donors (Lipinski definition) is 0. The van der Waals surface area contributed by atoms with Gasteiger partial charge in [-0.05, 0) is 18.2 Å². The molecule has 0 aromatic carbocycles. The van der Waals surface area contributed by atoms with Crippen LogP contribution in [0.4, 0.5) is 5.82 Å². The van der Waals surface area contributed by atoms with E-state index in [0.717, 1.165) is 24.6 Å². The third kappa shape index (κ3) is 3.04. The predicted octanol–water partition coefficient (Wildman–Crippen LogP) is 2.08. The SMILES string of the molecule is CN1C(=O)C(=Cc2c(N3CCSCC3)nc3ccccn3c2=O)SC1=S. The van der Waals surface area contributed by atoms with Crippen molar-refractivity contribution in [2.75, 3.05) is 36.5 Å². The number of rotatable bonds is 2. The second-order valence-corrected chi connectivity index (χ2v) is 8.82. The Morgan fingerprint density at radius 2 is 2.00 bits per heavy atom. The van der Waals surface area contributed by atoms with E-state index in [1.807, 2.05) is 23.9 Å². The van der Waals surface area contributed by atoms with E-state index in [2.05, 4.69) is 4.90 Å². The number of anilines is 1. The van der Waals surface area contributed by atoms with E-state index in [1.54, 1.807) is 25.4 Å². The van der Waals surface area contributed by atoms with Crippen molar-refractivity contribution in [2.45, 2.75) is 0 Å². The Balaban J connectivity index is 1.91. The largest absolute Gasteiger partial charge is 0.354 e. The van der Waals surface area contributed by atoms with Gasteiger partial charge in [0, 0.05) is 37.8 Å². The molecule has 2 aromatic rings. The molecule has 9 heteroatoms. The number of carbonyl (C=O) groups is 1. The lowest BCUT2D eigenvalue weighted by Crippen LogP contribution is -2.35. The van der Waals surface area contributed by atoms with Crippen molar-refractivity contribution < 1.29 is 4.79 Å². The summed E-state index contributed by atoms with van der Waals surface area (Å²) in [6.07, 6.45) is 3.34. The van der Waals surface area contributed by atoms with E-state index in [0.29, 0.717) is 26.3 Å². The minimum absolute atomic E-state index is 0.176. The number of pyridine rings is 1. The topological polar surface area (TPSA) is 57.9 Å². The molecule has 1 amide bonds. The minimum atomic E-state index is -0.183. The van der Waals surface area contributed by atoms with Crippen LogP contribution in [-0.4, -0.2) is 56.2 Å². The molecule has 2 aromatic heterocycles. The van der Waals surface area contributed by atoms with E-state index in [9.17, 15) is 9.59 Å². The molecular weight excluding hydrogens is 388 g/mol. The quantitative estimate of drug-likeness (QED) is 0.561. The summed E-state index contributed by atoms with van der Waals surface area (Å²) in [7, 11) is 1.65. The zero-order valence-electron chi connectivity index (χ0n) is 14.0. The smallest absolute Gasteiger partial charge is 0.267 e. The van der Waals surface area contributed by atoms with E-state index >= 15 is 0 Å². The number of aromatic nitrogens is 2. The van der Waals surface area contributed by atoms with Gasteiger partial charge in [0.25, 0.3) is 11.5 Å². The highest BCUT2D eigenvalue weighted by atomic mass is 32.2. The first-order chi connectivity index (χ1) is 12.6. The van der Waals surface area contributed by atoms with Crippen LogP contribution >= 0.6 is 35.7 Å². The van der Waals surface area contributed by atoms with Crippen molar-refractivity contribution in [3.63, 3.8) is 0 Å². The van der Waals surface area contributed by atoms with Gasteiger partial charge in [-0.1, -0.05) is 30.0 Å². The van der Waals surface area contributed by atoms with Gasteiger partial charge in [0.15, 0.2) is 0 Å². The molecule has 26 heavy (non-hydrogen) atoms. The Morgan fingerprint density at radius 1 is 1.23 bits per heavy atom. The molecule has 4 rings (SSSR count). The van der Waals surface area contributed by atoms with Crippen molar-refractivity contribution >= 4 is 63.5 Å². The van der Waals surface area contributed by atoms with Crippen LogP contribution in [0.2, 0.25) is 0 Å². The third-order valence-corrected chi connectivity index (χ3v) is 6.75. The molecule has 0 spiro atoms. The van der Waals surface area contributed by atoms with Crippen LogP contribution in [0.5, 0.6) is 0 Å². The molecule has 2 saturated heterocycles. The zero-order chi connectivity index (χ0) is 18.3. The molecule has 6 nitrogen and oxygen atoms in total. The Morgan fingerprint density at radius 3 is 2.69 bits per heavy atom. The maximum Gasteiger partial charge on any atom is 0.267 e. The normalized spacial score (nSPS) is 19.8. The lowest BCUT2D eigenvalue weighted by molar-refractivity contribution is -0.121. The fourth-order valence-corrected chi connectivity index (χ4v) is 4.97. The van der Waals surface area contributed by atoms with Gasteiger partial charge in [-0.2, -0.15) is 11.8 Å². The molecule has 2 aliphatic rings. The van der Waals surface area contributed by atoms with Crippen molar-refractivity contribution in [3.05, 3.63) is 45.2 Å². The molecule has 4 heterocycles. The molecule has 0 N–H and O–H groups in total. The van der Waals surface area contributed by atoms with Crippen LogP contribution in [0.15, 0.2) is 34.1 Å². The maximum absolute atomic E-state index is 13.1. The highest BCUT2D eigenvalue weighted by Crippen LogP contribution is 2.32. The van der Waals surface area contributed by atoms with Gasteiger partial charge < -0.3 is 4.90 Å². The highest BCUT2D eigenvalue weighted by Gasteiger charge is 2.30. The van der Waals surface area contributed by atoms with Crippen LogP contribution in [0.25, 0.3) is 11.7 Å².